The smallest absolute Gasteiger partial charge is 0.313 e. The van der Waals surface area contributed by atoms with Crippen LogP contribution in [0.2, 0.25) is 5.02 Å². The molecule has 98 valence electrons. The first kappa shape index (κ1) is 13.8. The average molecular weight is 343 g/mol. The molecule has 0 radical (unpaired) electrons. The predicted octanol–water partition coefficient (Wildman–Crippen LogP) is 4.59. The molecule has 0 aromatic heterocycles. The molecule has 0 aliphatic rings. The van der Waals surface area contributed by atoms with Gasteiger partial charge in [-0.2, -0.15) is 0 Å². The van der Waals surface area contributed by atoms with E-state index >= 15 is 0 Å². The lowest BCUT2D eigenvalue weighted by Crippen LogP contribution is -2.00. The van der Waals surface area contributed by atoms with Crippen LogP contribution in [0.4, 0.5) is 5.69 Å². The summed E-state index contributed by atoms with van der Waals surface area (Å²) in [4.78, 5) is 10.5. The first-order chi connectivity index (χ1) is 9.08. The molecule has 0 unspecified atom stereocenters. The van der Waals surface area contributed by atoms with Crippen LogP contribution in [0.25, 0.3) is 0 Å². The SMILES string of the molecule is O=[N+]([O-])c1cc(Cl)cc(Br)c1OCc1ccccc1. The predicted molar refractivity (Wildman–Crippen MR) is 76.6 cm³/mol. The van der Waals surface area contributed by atoms with Crippen LogP contribution in [0.1, 0.15) is 5.56 Å². The summed E-state index contributed by atoms with van der Waals surface area (Å²) < 4.78 is 5.98. The Kier molecular flexibility index (Phi) is 4.39. The Morgan fingerprint density at radius 2 is 1.95 bits per heavy atom. The number of benzene rings is 2. The monoisotopic (exact) mass is 341 g/mol. The van der Waals surface area contributed by atoms with Crippen LogP contribution in [0, 0.1) is 10.1 Å². The van der Waals surface area contributed by atoms with E-state index in [1.54, 1.807) is 6.07 Å². The number of nitrogens with zero attached hydrogens (tertiary/aromatic N) is 1. The highest BCUT2D eigenvalue weighted by Gasteiger charge is 2.20. The fourth-order valence-electron chi connectivity index (χ4n) is 1.56. The van der Waals surface area contributed by atoms with Gasteiger partial charge in [0.2, 0.25) is 5.75 Å². The van der Waals surface area contributed by atoms with Gasteiger partial charge >= 0.3 is 5.69 Å². The number of nitro benzene ring substituents is 1. The molecule has 2 aromatic carbocycles. The van der Waals surface area contributed by atoms with Crippen molar-refractivity contribution in [1.82, 2.24) is 0 Å². The van der Waals surface area contributed by atoms with Gasteiger partial charge in [0.1, 0.15) is 6.61 Å². The molecule has 0 aliphatic heterocycles. The third-order valence-corrected chi connectivity index (χ3v) is 3.22. The summed E-state index contributed by atoms with van der Waals surface area (Å²) in [7, 11) is 0. The first-order valence-electron chi connectivity index (χ1n) is 5.38. The summed E-state index contributed by atoms with van der Waals surface area (Å²) in [5.74, 6) is 0.179. The molecule has 19 heavy (non-hydrogen) atoms. The Bertz CT molecular complexity index is 604. The van der Waals surface area contributed by atoms with Crippen molar-refractivity contribution >= 4 is 33.2 Å². The van der Waals surface area contributed by atoms with Crippen molar-refractivity contribution in [2.45, 2.75) is 6.61 Å². The van der Waals surface area contributed by atoms with Crippen molar-refractivity contribution < 1.29 is 9.66 Å². The molecule has 4 nitrogen and oxygen atoms in total. The van der Waals surface area contributed by atoms with Crippen LogP contribution in [0.5, 0.6) is 5.75 Å². The molecule has 6 heteroatoms. The second kappa shape index (κ2) is 6.04. The lowest BCUT2D eigenvalue weighted by molar-refractivity contribution is -0.386. The molecule has 0 bridgehead atoms. The van der Waals surface area contributed by atoms with Crippen molar-refractivity contribution in [2.24, 2.45) is 0 Å². The van der Waals surface area contributed by atoms with E-state index in [0.717, 1.165) is 5.56 Å². The zero-order chi connectivity index (χ0) is 13.8. The summed E-state index contributed by atoms with van der Waals surface area (Å²) in [6.07, 6.45) is 0. The Morgan fingerprint density at radius 1 is 1.26 bits per heavy atom. The van der Waals surface area contributed by atoms with Crippen LogP contribution in [-0.2, 0) is 6.61 Å². The van der Waals surface area contributed by atoms with E-state index in [-0.39, 0.29) is 23.1 Å². The molecule has 0 fully saturated rings. The lowest BCUT2D eigenvalue weighted by Gasteiger charge is -2.09. The molecule has 0 amide bonds. The quantitative estimate of drug-likeness (QED) is 0.603. The van der Waals surface area contributed by atoms with Crippen LogP contribution in [0.3, 0.4) is 0 Å². The van der Waals surface area contributed by atoms with E-state index in [4.69, 9.17) is 16.3 Å². The molecule has 0 heterocycles. The first-order valence-corrected chi connectivity index (χ1v) is 6.55. The largest absolute Gasteiger partial charge is 0.481 e. The number of ether oxygens (including phenoxy) is 1. The van der Waals surface area contributed by atoms with Gasteiger partial charge in [0.25, 0.3) is 0 Å². The maximum absolute atomic E-state index is 11.0. The highest BCUT2D eigenvalue weighted by Crippen LogP contribution is 2.38. The fraction of sp³-hybridized carbons (Fsp3) is 0.0769. The van der Waals surface area contributed by atoms with E-state index in [1.807, 2.05) is 30.3 Å². The van der Waals surface area contributed by atoms with Gasteiger partial charge in [0.05, 0.1) is 9.40 Å². The van der Waals surface area contributed by atoms with E-state index in [1.165, 1.54) is 6.07 Å². The number of rotatable bonds is 4. The molecule has 2 rings (SSSR count). The van der Waals surface area contributed by atoms with E-state index < -0.39 is 4.92 Å². The maximum Gasteiger partial charge on any atom is 0.313 e. The summed E-state index contributed by atoms with van der Waals surface area (Å²) in [5.41, 5.74) is 0.772. The standard InChI is InChI=1S/C13H9BrClNO3/c14-11-6-10(15)7-12(16(17)18)13(11)19-8-9-4-2-1-3-5-9/h1-7H,8H2. The van der Waals surface area contributed by atoms with Gasteiger partial charge in [-0.25, -0.2) is 0 Å². The zero-order valence-electron chi connectivity index (χ0n) is 9.68. The molecule has 0 N–H and O–H groups in total. The maximum atomic E-state index is 11.0. The third kappa shape index (κ3) is 3.45. The Labute approximate surface area is 123 Å². The molecule has 0 saturated heterocycles. The fourth-order valence-corrected chi connectivity index (χ4v) is 2.46. The molecule has 2 aromatic rings. The number of hydrogen-bond acceptors (Lipinski definition) is 3. The van der Waals surface area contributed by atoms with Gasteiger partial charge in [-0.15, -0.1) is 0 Å². The van der Waals surface area contributed by atoms with Gasteiger partial charge in [-0.3, -0.25) is 10.1 Å². The second-order valence-corrected chi connectivity index (χ2v) is 5.06. The Balaban J connectivity index is 2.27. The van der Waals surface area contributed by atoms with E-state index in [9.17, 15) is 10.1 Å². The summed E-state index contributed by atoms with van der Waals surface area (Å²) >= 11 is 9.02. The lowest BCUT2D eigenvalue weighted by atomic mass is 10.2. The number of nitro groups is 1. The molecular formula is C13H9BrClNO3. The second-order valence-electron chi connectivity index (χ2n) is 3.77. The minimum atomic E-state index is -0.517. The van der Waals surface area contributed by atoms with Crippen LogP contribution < -0.4 is 4.74 Å². The van der Waals surface area contributed by atoms with Gasteiger partial charge in [0.15, 0.2) is 0 Å². The van der Waals surface area contributed by atoms with E-state index in [2.05, 4.69) is 15.9 Å². The molecule has 0 spiro atoms. The molecule has 0 saturated carbocycles. The van der Waals surface area contributed by atoms with Crippen LogP contribution >= 0.6 is 27.5 Å². The topological polar surface area (TPSA) is 52.4 Å². The zero-order valence-corrected chi connectivity index (χ0v) is 12.0. The molecular weight excluding hydrogens is 334 g/mol. The van der Waals surface area contributed by atoms with Crippen LogP contribution in [0.15, 0.2) is 46.9 Å². The highest BCUT2D eigenvalue weighted by molar-refractivity contribution is 9.10. The van der Waals surface area contributed by atoms with Crippen molar-refractivity contribution in [3.05, 3.63) is 67.6 Å². The van der Waals surface area contributed by atoms with Gasteiger partial charge in [-0.05, 0) is 27.6 Å². The molecule has 0 aliphatic carbocycles. The average Bonchev–Trinajstić information content (AvgIpc) is 2.38. The summed E-state index contributed by atoms with van der Waals surface area (Å²) in [5, 5.41) is 11.3. The van der Waals surface area contributed by atoms with Crippen LogP contribution in [-0.4, -0.2) is 4.92 Å². The summed E-state index contributed by atoms with van der Waals surface area (Å²) in [6, 6.07) is 12.3. The third-order valence-electron chi connectivity index (χ3n) is 2.41. The van der Waals surface area contributed by atoms with Crippen molar-refractivity contribution in [3.63, 3.8) is 0 Å². The normalized spacial score (nSPS) is 10.2. The number of halogens is 2. The summed E-state index contributed by atoms with van der Waals surface area (Å²) in [6.45, 7) is 0.252. The number of hydrogen-bond donors (Lipinski definition) is 0. The van der Waals surface area contributed by atoms with Gasteiger partial charge < -0.3 is 4.74 Å². The highest BCUT2D eigenvalue weighted by atomic mass is 79.9. The van der Waals surface area contributed by atoms with Crippen molar-refractivity contribution in [1.29, 1.82) is 0 Å². The minimum absolute atomic E-state index is 0.157. The van der Waals surface area contributed by atoms with Gasteiger partial charge in [-0.1, -0.05) is 41.9 Å². The van der Waals surface area contributed by atoms with E-state index in [0.29, 0.717) is 4.47 Å². The van der Waals surface area contributed by atoms with Crippen molar-refractivity contribution in [2.75, 3.05) is 0 Å². The van der Waals surface area contributed by atoms with Crippen molar-refractivity contribution in [3.8, 4) is 5.75 Å². The minimum Gasteiger partial charge on any atom is -0.481 e. The Morgan fingerprint density at radius 3 is 2.58 bits per heavy atom. The Hall–Kier alpha value is -1.59. The molecule has 0 atom stereocenters. The van der Waals surface area contributed by atoms with Gasteiger partial charge in [0, 0.05) is 11.1 Å².